The van der Waals surface area contributed by atoms with E-state index in [0.29, 0.717) is 12.8 Å². The first-order valence-corrected chi connectivity index (χ1v) is 5.00. The van der Waals surface area contributed by atoms with Crippen molar-refractivity contribution in [3.8, 4) is 0 Å². The summed E-state index contributed by atoms with van der Waals surface area (Å²) in [5.41, 5.74) is 0. The van der Waals surface area contributed by atoms with Crippen LogP contribution >= 0.6 is 0 Å². The third-order valence-corrected chi connectivity index (χ3v) is 1.97. The molecule has 0 fully saturated rings. The molecule has 0 aromatic heterocycles. The Hall–Kier alpha value is -1.34. The largest absolute Gasteiger partial charge is 0.465 e. The highest BCUT2D eigenvalue weighted by Gasteiger charge is 2.19. The maximum atomic E-state index is 11.3. The van der Waals surface area contributed by atoms with Gasteiger partial charge in [0.05, 0.1) is 0 Å². The van der Waals surface area contributed by atoms with E-state index in [2.05, 4.69) is 10.6 Å². The predicted molar refractivity (Wildman–Crippen MR) is 58.0 cm³/mol. The van der Waals surface area contributed by atoms with E-state index >= 15 is 0 Å². The maximum Gasteiger partial charge on any atom is 0.405 e. The van der Waals surface area contributed by atoms with Gasteiger partial charge in [-0.2, -0.15) is 0 Å². The number of carbonyl (C=O) groups excluding carboxylic acids is 1. The van der Waals surface area contributed by atoms with Gasteiger partial charge in [0.25, 0.3) is 0 Å². The SMILES string of the molecule is CN(C)CCC[C@H](NC(=O)O)C(=O)NCO. The summed E-state index contributed by atoms with van der Waals surface area (Å²) in [6.07, 6.45) is -0.157. The Kier molecular flexibility index (Phi) is 7.23. The predicted octanol–water partition coefficient (Wildman–Crippen LogP) is -0.970. The molecule has 7 nitrogen and oxygen atoms in total. The van der Waals surface area contributed by atoms with Gasteiger partial charge < -0.3 is 25.7 Å². The van der Waals surface area contributed by atoms with Gasteiger partial charge in [0, 0.05) is 0 Å². The molecule has 4 N–H and O–H groups in total. The van der Waals surface area contributed by atoms with Gasteiger partial charge in [0.15, 0.2) is 0 Å². The van der Waals surface area contributed by atoms with Crippen molar-refractivity contribution in [2.75, 3.05) is 27.4 Å². The average Bonchev–Trinajstić information content (AvgIpc) is 2.15. The van der Waals surface area contributed by atoms with Crippen LogP contribution in [0.3, 0.4) is 0 Å². The lowest BCUT2D eigenvalue weighted by molar-refractivity contribution is -0.124. The van der Waals surface area contributed by atoms with Gasteiger partial charge in [-0.1, -0.05) is 0 Å². The number of aliphatic hydroxyl groups is 1. The molecule has 0 saturated heterocycles. The van der Waals surface area contributed by atoms with Crippen LogP contribution in [0.4, 0.5) is 4.79 Å². The molecular formula is C9H19N3O4. The van der Waals surface area contributed by atoms with Crippen LogP contribution in [0, 0.1) is 0 Å². The lowest BCUT2D eigenvalue weighted by atomic mass is 10.1. The fourth-order valence-corrected chi connectivity index (χ4v) is 1.23. The van der Waals surface area contributed by atoms with Crippen LogP contribution < -0.4 is 10.6 Å². The summed E-state index contributed by atoms with van der Waals surface area (Å²) < 4.78 is 0. The van der Waals surface area contributed by atoms with Crippen molar-refractivity contribution in [1.82, 2.24) is 15.5 Å². The first-order valence-electron chi connectivity index (χ1n) is 5.00. The van der Waals surface area contributed by atoms with Crippen molar-refractivity contribution in [3.05, 3.63) is 0 Å². The van der Waals surface area contributed by atoms with Crippen LogP contribution in [0.1, 0.15) is 12.8 Å². The third-order valence-electron chi connectivity index (χ3n) is 1.97. The Morgan fingerprint density at radius 1 is 1.38 bits per heavy atom. The van der Waals surface area contributed by atoms with Crippen LogP contribution in [-0.2, 0) is 4.79 Å². The molecule has 7 heteroatoms. The highest BCUT2D eigenvalue weighted by Crippen LogP contribution is 1.99. The third kappa shape index (κ3) is 7.02. The molecule has 0 radical (unpaired) electrons. The molecule has 0 aliphatic carbocycles. The second-order valence-corrected chi connectivity index (χ2v) is 3.65. The quantitative estimate of drug-likeness (QED) is 0.424. The molecule has 0 rings (SSSR count). The monoisotopic (exact) mass is 233 g/mol. The van der Waals surface area contributed by atoms with Crippen LogP contribution in [0.2, 0.25) is 0 Å². The number of carbonyl (C=O) groups is 2. The Morgan fingerprint density at radius 2 is 2.00 bits per heavy atom. The molecule has 0 spiro atoms. The summed E-state index contributed by atoms with van der Waals surface area (Å²) >= 11 is 0. The summed E-state index contributed by atoms with van der Waals surface area (Å²) in [5.74, 6) is -0.511. The zero-order chi connectivity index (χ0) is 12.6. The van der Waals surface area contributed by atoms with Crippen LogP contribution in [0.5, 0.6) is 0 Å². The molecule has 94 valence electrons. The average molecular weight is 233 g/mol. The standard InChI is InChI=1S/C9H19N3O4/c1-12(2)5-3-4-7(11-9(15)16)8(14)10-6-13/h7,11,13H,3-6H2,1-2H3,(H,10,14)(H,15,16)/t7-/m0/s1. The normalized spacial score (nSPS) is 12.2. The molecular weight excluding hydrogens is 214 g/mol. The topological polar surface area (TPSA) is 102 Å². The summed E-state index contributed by atoms with van der Waals surface area (Å²) in [5, 5.41) is 21.3. The number of nitrogens with zero attached hydrogens (tertiary/aromatic N) is 1. The van der Waals surface area contributed by atoms with Gasteiger partial charge in [-0.05, 0) is 33.5 Å². The molecule has 0 saturated carbocycles. The number of hydrogen-bond donors (Lipinski definition) is 4. The van der Waals surface area contributed by atoms with Crippen LogP contribution in [0.25, 0.3) is 0 Å². The Balaban J connectivity index is 4.09. The van der Waals surface area contributed by atoms with Crippen LogP contribution in [0.15, 0.2) is 0 Å². The Morgan fingerprint density at radius 3 is 2.44 bits per heavy atom. The van der Waals surface area contributed by atoms with Crippen LogP contribution in [-0.4, -0.2) is 60.5 Å². The van der Waals surface area contributed by atoms with Crippen molar-refractivity contribution in [2.24, 2.45) is 0 Å². The second-order valence-electron chi connectivity index (χ2n) is 3.65. The number of aliphatic hydroxyl groups excluding tert-OH is 1. The number of rotatable bonds is 7. The maximum absolute atomic E-state index is 11.3. The molecule has 0 unspecified atom stereocenters. The molecule has 2 amide bonds. The van der Waals surface area contributed by atoms with Gasteiger partial charge in [0.1, 0.15) is 12.8 Å². The van der Waals surface area contributed by atoms with Crippen molar-refractivity contribution >= 4 is 12.0 Å². The Labute approximate surface area is 94.4 Å². The minimum atomic E-state index is -1.25. The second kappa shape index (κ2) is 7.89. The molecule has 1 atom stereocenters. The van der Waals surface area contributed by atoms with E-state index in [0.717, 1.165) is 6.54 Å². The summed E-state index contributed by atoms with van der Waals surface area (Å²) in [4.78, 5) is 23.7. The first kappa shape index (κ1) is 14.7. The zero-order valence-corrected chi connectivity index (χ0v) is 9.56. The molecule has 0 aliphatic heterocycles. The minimum absolute atomic E-state index is 0.399. The smallest absolute Gasteiger partial charge is 0.405 e. The van der Waals surface area contributed by atoms with E-state index < -0.39 is 24.8 Å². The molecule has 0 aromatic carbocycles. The molecule has 0 aliphatic rings. The first-order chi connectivity index (χ1) is 7.47. The number of amides is 2. The summed E-state index contributed by atoms with van der Waals surface area (Å²) in [7, 11) is 3.79. The molecule has 0 aromatic rings. The summed E-state index contributed by atoms with van der Waals surface area (Å²) in [6.45, 7) is 0.272. The molecule has 0 heterocycles. The van der Waals surface area contributed by atoms with Crippen molar-refractivity contribution in [1.29, 1.82) is 0 Å². The lowest BCUT2D eigenvalue weighted by Crippen LogP contribution is -2.46. The van der Waals surface area contributed by atoms with E-state index in [-0.39, 0.29) is 0 Å². The zero-order valence-electron chi connectivity index (χ0n) is 9.56. The summed E-state index contributed by atoms with van der Waals surface area (Å²) in [6, 6.07) is -0.815. The number of carboxylic acid groups (broad SMARTS) is 1. The van der Waals surface area contributed by atoms with Gasteiger partial charge in [-0.25, -0.2) is 4.79 Å². The van der Waals surface area contributed by atoms with E-state index in [9.17, 15) is 9.59 Å². The fourth-order valence-electron chi connectivity index (χ4n) is 1.23. The highest BCUT2D eigenvalue weighted by molar-refractivity contribution is 5.85. The lowest BCUT2D eigenvalue weighted by Gasteiger charge is -2.17. The number of hydrogen-bond acceptors (Lipinski definition) is 4. The molecule has 16 heavy (non-hydrogen) atoms. The highest BCUT2D eigenvalue weighted by atomic mass is 16.4. The van der Waals surface area contributed by atoms with E-state index in [1.807, 2.05) is 19.0 Å². The van der Waals surface area contributed by atoms with Gasteiger partial charge >= 0.3 is 6.09 Å². The minimum Gasteiger partial charge on any atom is -0.465 e. The van der Waals surface area contributed by atoms with E-state index in [1.165, 1.54) is 0 Å². The van der Waals surface area contributed by atoms with E-state index in [4.69, 9.17) is 10.2 Å². The number of nitrogens with one attached hydrogen (secondary N) is 2. The Bertz CT molecular complexity index is 233. The molecule has 0 bridgehead atoms. The van der Waals surface area contributed by atoms with Crippen molar-refractivity contribution < 1.29 is 19.8 Å². The van der Waals surface area contributed by atoms with Gasteiger partial charge in [-0.3, -0.25) is 4.79 Å². The van der Waals surface area contributed by atoms with E-state index in [1.54, 1.807) is 0 Å². The van der Waals surface area contributed by atoms with Gasteiger partial charge in [-0.15, -0.1) is 0 Å². The van der Waals surface area contributed by atoms with Crippen molar-refractivity contribution in [3.63, 3.8) is 0 Å². The van der Waals surface area contributed by atoms with Gasteiger partial charge in [0.2, 0.25) is 5.91 Å². The van der Waals surface area contributed by atoms with Crippen molar-refractivity contribution in [2.45, 2.75) is 18.9 Å². The fraction of sp³-hybridized carbons (Fsp3) is 0.778.